The zero-order valence-electron chi connectivity index (χ0n) is 58.3. The van der Waals surface area contributed by atoms with Crippen LogP contribution < -0.4 is 70.4 Å². The van der Waals surface area contributed by atoms with Crippen LogP contribution >= 0.6 is 0 Å². The molecule has 4 aromatic rings. The highest BCUT2D eigenvalue weighted by molar-refractivity contribution is 6.00. The number of phenols is 1. The number of aromatic amines is 1. The van der Waals surface area contributed by atoms with Crippen molar-refractivity contribution in [3.8, 4) is 5.75 Å². The second-order valence-electron chi connectivity index (χ2n) is 26.5. The van der Waals surface area contributed by atoms with E-state index in [9.17, 15) is 87.5 Å². The number of aliphatic hydroxyl groups excluding tert-OH is 2. The first-order chi connectivity index (χ1) is 48.0. The van der Waals surface area contributed by atoms with Gasteiger partial charge >= 0.3 is 5.97 Å². The lowest BCUT2D eigenvalue weighted by atomic mass is 10.0. The highest BCUT2D eigenvalue weighted by Crippen LogP contribution is 2.23. The lowest BCUT2D eigenvalue weighted by Gasteiger charge is -2.32. The minimum Gasteiger partial charge on any atom is -0.508 e. The molecule has 1 fully saturated rings. The molecule has 2 heterocycles. The number of phenolic OH excluding ortho intramolecular Hbond substituents is 1. The SMILES string of the molecule is CC(C)C[C@H](NC(=O)[C@H](Cc1ccc(O)cc1)NC(=O)[C@H](C)NC(=O)[C@H](Cc1ccccc1)NC(=O)[C@H](CCC(N)=O)NC(=O)[C@H](C)NC(=O)[C@@H](NC(=O)[C@@H]1CCCN1C(=O)[C@H](CC(C)C)NC(=O)[C@@H](NC(=O)[C@H](Cc1c[nH]c2ccccc12)NC(=O)[C@@H](N)CC(N)=O)[C@@H](C)O)[C@@H](C)O)C(=O)O. The van der Waals surface area contributed by atoms with Gasteiger partial charge in [-0.2, -0.15) is 0 Å². The number of nitrogens with two attached hydrogens (primary N) is 3. The molecule has 1 saturated heterocycles. The van der Waals surface area contributed by atoms with E-state index in [1.165, 1.54) is 49.9 Å². The van der Waals surface area contributed by atoms with Crippen LogP contribution in [0.4, 0.5) is 0 Å². The molecule has 33 nitrogen and oxygen atoms in total. The molecule has 0 aliphatic carbocycles. The van der Waals surface area contributed by atoms with Crippen molar-refractivity contribution in [1.29, 1.82) is 0 Å². The first-order valence-corrected chi connectivity index (χ1v) is 33.7. The van der Waals surface area contributed by atoms with Crippen molar-refractivity contribution in [2.75, 3.05) is 6.54 Å². The van der Waals surface area contributed by atoms with Gasteiger partial charge in [-0.3, -0.25) is 62.3 Å². The van der Waals surface area contributed by atoms with Crippen LogP contribution in [0, 0.1) is 11.8 Å². The third-order valence-electron chi connectivity index (χ3n) is 16.8. The number of nitrogens with zero attached hydrogens (tertiary/aromatic N) is 1. The average Bonchev–Trinajstić information content (AvgIpc) is 1.65. The lowest BCUT2D eigenvalue weighted by molar-refractivity contribution is -0.144. The molecular formula is C69H97N15O18. The van der Waals surface area contributed by atoms with Gasteiger partial charge in [0.25, 0.3) is 0 Å². The van der Waals surface area contributed by atoms with Crippen LogP contribution in [0.3, 0.4) is 0 Å². The summed E-state index contributed by atoms with van der Waals surface area (Å²) >= 11 is 0. The largest absolute Gasteiger partial charge is 0.508 e. The quantitative estimate of drug-likeness (QED) is 0.0214. The number of carbonyl (C=O) groups excluding carboxylic acids is 13. The number of nitrogens with one attached hydrogen (secondary N) is 11. The molecule has 13 amide bonds. The molecule has 0 spiro atoms. The fourth-order valence-corrected chi connectivity index (χ4v) is 11.4. The van der Waals surface area contributed by atoms with Gasteiger partial charge in [-0.1, -0.05) is 88.4 Å². The van der Waals surface area contributed by atoms with Crippen LogP contribution in [-0.4, -0.2) is 204 Å². The third kappa shape index (κ3) is 25.3. The van der Waals surface area contributed by atoms with E-state index in [1.54, 1.807) is 88.5 Å². The van der Waals surface area contributed by atoms with Crippen LogP contribution in [0.1, 0.15) is 117 Å². The Morgan fingerprint density at radius 3 is 1.54 bits per heavy atom. The first-order valence-electron chi connectivity index (χ1n) is 33.7. The summed E-state index contributed by atoms with van der Waals surface area (Å²) in [7, 11) is 0. The van der Waals surface area contributed by atoms with E-state index >= 15 is 0 Å². The molecule has 556 valence electrons. The van der Waals surface area contributed by atoms with Crippen molar-refractivity contribution in [3.05, 3.63) is 102 Å². The highest BCUT2D eigenvalue weighted by Gasteiger charge is 2.42. The molecule has 33 heteroatoms. The maximum Gasteiger partial charge on any atom is 0.326 e. The fraction of sp³-hybridized carbons (Fsp3) is 0.507. The number of hydrogen-bond donors (Lipinski definition) is 18. The fourth-order valence-electron chi connectivity index (χ4n) is 11.4. The maximum absolute atomic E-state index is 14.6. The summed E-state index contributed by atoms with van der Waals surface area (Å²) < 4.78 is 0. The Labute approximate surface area is 589 Å². The van der Waals surface area contributed by atoms with Crippen LogP contribution in [0.25, 0.3) is 10.9 Å². The molecule has 3 aromatic carbocycles. The van der Waals surface area contributed by atoms with Crippen molar-refractivity contribution < 1.29 is 87.5 Å². The van der Waals surface area contributed by atoms with Gasteiger partial charge in [0.2, 0.25) is 76.8 Å². The molecule has 1 aliphatic heterocycles. The molecule has 5 rings (SSSR count). The Morgan fingerprint density at radius 1 is 0.510 bits per heavy atom. The Balaban J connectivity index is 1.27. The maximum atomic E-state index is 14.6. The van der Waals surface area contributed by atoms with E-state index in [4.69, 9.17) is 17.2 Å². The monoisotopic (exact) mass is 1420 g/mol. The Bertz CT molecular complexity index is 3620. The Morgan fingerprint density at radius 2 is 0.971 bits per heavy atom. The van der Waals surface area contributed by atoms with E-state index < -0.39 is 187 Å². The van der Waals surface area contributed by atoms with Gasteiger partial charge < -0.3 is 101 Å². The minimum absolute atomic E-state index is 0.0181. The standard InChI is InChI=1S/C69H97N15O18/c1-34(2)27-51(80-67(99)57(39(8)86)82-64(96)50(78-60(92)45(70)32-55(72)89)31-42-33-73-46-18-13-12-17-44(42)46)68(100)84-26-14-19-53(84)65(97)83-56(38(7)85)66(98)75-37(6)58(90)76-47(24-25-54(71)88)61(93)79-48(29-40-15-10-9-11-16-40)62(94)74-36(5)59(91)77-49(30-41-20-22-43(87)23-21-41)63(95)81-52(69(101)102)28-35(3)4/h9-13,15-18,20-23,33-39,45,47-53,56-57,73,85-87H,14,19,24-32,70H2,1-8H3,(H2,71,88)(H2,72,89)(H,74,94)(H,75,98)(H,76,90)(H,77,91)(H,78,92)(H,79,93)(H,80,99)(H,81,95)(H,82,96)(H,83,97)(H,101,102)/t36-,37-,38+,39+,45-,47-,48-,49-,50-,51-,52-,53-,56-,57-/m0/s1. The van der Waals surface area contributed by atoms with Gasteiger partial charge in [0, 0.05) is 49.3 Å². The second kappa shape index (κ2) is 38.9. The number of primary amides is 2. The Hall–Kier alpha value is -10.5. The number of carbonyl (C=O) groups is 14. The van der Waals surface area contributed by atoms with Gasteiger partial charge in [0.1, 0.15) is 72.2 Å². The Kier molecular flexibility index (Phi) is 31.3. The number of aromatic hydroxyl groups is 1. The van der Waals surface area contributed by atoms with Gasteiger partial charge in [-0.15, -0.1) is 0 Å². The summed E-state index contributed by atoms with van der Waals surface area (Å²) in [4.78, 5) is 195. The van der Waals surface area contributed by atoms with Gasteiger partial charge in [0.15, 0.2) is 0 Å². The summed E-state index contributed by atoms with van der Waals surface area (Å²) in [5.74, 6) is -14.0. The van der Waals surface area contributed by atoms with Crippen molar-refractivity contribution in [2.45, 2.75) is 204 Å². The molecule has 0 radical (unpaired) electrons. The number of fused-ring (bicyclic) bond motifs is 1. The van der Waals surface area contributed by atoms with E-state index in [-0.39, 0.29) is 69.1 Å². The molecular weight excluding hydrogens is 1330 g/mol. The smallest absolute Gasteiger partial charge is 0.326 e. The van der Waals surface area contributed by atoms with E-state index in [0.29, 0.717) is 27.6 Å². The number of aromatic nitrogens is 1. The predicted octanol–water partition coefficient (Wildman–Crippen LogP) is -2.81. The van der Waals surface area contributed by atoms with Gasteiger partial charge in [0.05, 0.1) is 24.7 Å². The topological polar surface area (TPSA) is 537 Å². The van der Waals surface area contributed by atoms with Crippen LogP contribution in [0.5, 0.6) is 5.75 Å². The number of aliphatic carboxylic acids is 1. The van der Waals surface area contributed by atoms with Crippen LogP contribution in [-0.2, 0) is 86.4 Å². The number of amides is 13. The molecule has 1 aromatic heterocycles. The number of hydrogen-bond acceptors (Lipinski definition) is 18. The second-order valence-corrected chi connectivity index (χ2v) is 26.5. The molecule has 0 saturated carbocycles. The minimum atomic E-state index is -1.78. The normalized spacial score (nSPS) is 16.6. The number of carboxylic acid groups (broad SMARTS) is 1. The summed E-state index contributed by atoms with van der Waals surface area (Å²) in [5, 5.41) is 67.4. The van der Waals surface area contributed by atoms with E-state index in [0.717, 1.165) is 6.92 Å². The number of para-hydroxylation sites is 1. The molecule has 14 atom stereocenters. The zero-order valence-corrected chi connectivity index (χ0v) is 58.3. The summed E-state index contributed by atoms with van der Waals surface area (Å²) in [6.45, 7) is 11.9. The summed E-state index contributed by atoms with van der Waals surface area (Å²) in [6.07, 6.45) is -3.29. The molecule has 21 N–H and O–H groups in total. The molecule has 0 unspecified atom stereocenters. The molecule has 1 aliphatic rings. The third-order valence-corrected chi connectivity index (χ3v) is 16.8. The van der Waals surface area contributed by atoms with E-state index in [1.807, 2.05) is 0 Å². The van der Waals surface area contributed by atoms with Crippen molar-refractivity contribution in [3.63, 3.8) is 0 Å². The van der Waals surface area contributed by atoms with Crippen molar-refractivity contribution >= 4 is 93.7 Å². The van der Waals surface area contributed by atoms with Gasteiger partial charge in [-0.05, 0) is 107 Å². The number of likely N-dealkylation sites (tertiary alicyclic amines) is 1. The number of benzene rings is 3. The zero-order chi connectivity index (χ0) is 75.8. The summed E-state index contributed by atoms with van der Waals surface area (Å²) in [5.41, 5.74) is 18.9. The van der Waals surface area contributed by atoms with E-state index in [2.05, 4.69) is 58.2 Å². The summed E-state index contributed by atoms with van der Waals surface area (Å²) in [6, 6.07) is 3.20. The number of H-pyrrole nitrogens is 1. The van der Waals surface area contributed by atoms with Crippen LogP contribution in [0.15, 0.2) is 85.1 Å². The van der Waals surface area contributed by atoms with Crippen molar-refractivity contribution in [2.24, 2.45) is 29.0 Å². The van der Waals surface area contributed by atoms with Gasteiger partial charge in [-0.25, -0.2) is 4.79 Å². The molecule has 102 heavy (non-hydrogen) atoms. The lowest BCUT2D eigenvalue weighted by Crippen LogP contribution is -2.62. The first kappa shape index (κ1) is 82.1. The number of carboxylic acids is 1. The molecule has 0 bridgehead atoms. The number of aliphatic hydroxyl groups is 2. The highest BCUT2D eigenvalue weighted by atomic mass is 16.4. The predicted molar refractivity (Wildman–Crippen MR) is 369 cm³/mol. The average molecular weight is 1420 g/mol. The van der Waals surface area contributed by atoms with Crippen molar-refractivity contribution in [1.82, 2.24) is 63.1 Å². The van der Waals surface area contributed by atoms with Crippen LogP contribution in [0.2, 0.25) is 0 Å². The number of rotatable bonds is 39.